The third-order valence-electron chi connectivity index (χ3n) is 4.11. The van der Waals surface area contributed by atoms with Crippen molar-refractivity contribution < 1.29 is 22.7 Å². The third-order valence-corrected chi connectivity index (χ3v) is 4.11. The Bertz CT molecular complexity index is 517. The van der Waals surface area contributed by atoms with Crippen LogP contribution in [0.5, 0.6) is 0 Å². The molecule has 0 spiro atoms. The van der Waals surface area contributed by atoms with E-state index in [2.05, 4.69) is 21.5 Å². The maximum Gasteiger partial charge on any atom is 0.411 e. The van der Waals surface area contributed by atoms with E-state index in [-0.39, 0.29) is 25.0 Å². The average Bonchev–Trinajstić information content (AvgIpc) is 2.58. The van der Waals surface area contributed by atoms with E-state index in [0.29, 0.717) is 13.1 Å². The van der Waals surface area contributed by atoms with Gasteiger partial charge < -0.3 is 9.64 Å². The summed E-state index contributed by atoms with van der Waals surface area (Å²) in [6.45, 7) is 3.18. The number of rotatable bonds is 6. The first-order valence-corrected chi connectivity index (χ1v) is 7.93. The number of carbonyl (C=O) groups is 1. The molecule has 5 nitrogen and oxygen atoms in total. The van der Waals surface area contributed by atoms with Gasteiger partial charge in [-0.05, 0) is 18.6 Å². The van der Waals surface area contributed by atoms with Crippen molar-refractivity contribution in [1.82, 2.24) is 14.8 Å². The maximum atomic E-state index is 12.0. The Morgan fingerprint density at radius 3 is 2.62 bits per heavy atom. The molecule has 24 heavy (non-hydrogen) atoms. The molecule has 0 saturated carbocycles. The van der Waals surface area contributed by atoms with Crippen LogP contribution in [0.25, 0.3) is 0 Å². The predicted molar refractivity (Wildman–Crippen MR) is 82.3 cm³/mol. The quantitative estimate of drug-likeness (QED) is 0.742. The number of nitrogens with zero attached hydrogens (tertiary/aromatic N) is 3. The first-order chi connectivity index (χ1) is 11.4. The molecule has 1 amide bonds. The molecule has 134 valence electrons. The molecule has 2 heterocycles. The molecule has 1 atom stereocenters. The van der Waals surface area contributed by atoms with Gasteiger partial charge in [-0.2, -0.15) is 13.2 Å². The predicted octanol–water partition coefficient (Wildman–Crippen LogP) is 2.26. The van der Waals surface area contributed by atoms with E-state index in [4.69, 9.17) is 0 Å². The van der Waals surface area contributed by atoms with E-state index >= 15 is 0 Å². The third kappa shape index (κ3) is 5.76. The Balaban J connectivity index is 1.71. The van der Waals surface area contributed by atoms with Crippen molar-refractivity contribution in [1.29, 1.82) is 0 Å². The van der Waals surface area contributed by atoms with Crippen LogP contribution in [-0.2, 0) is 9.53 Å². The van der Waals surface area contributed by atoms with Crippen LogP contribution in [0, 0.1) is 0 Å². The zero-order valence-electron chi connectivity index (χ0n) is 13.6. The molecule has 0 aromatic carbocycles. The van der Waals surface area contributed by atoms with Gasteiger partial charge in [0, 0.05) is 44.6 Å². The Kier molecular flexibility index (Phi) is 6.56. The van der Waals surface area contributed by atoms with Gasteiger partial charge in [0.05, 0.1) is 13.0 Å². The Hall–Kier alpha value is -1.67. The van der Waals surface area contributed by atoms with Crippen LogP contribution in [0.15, 0.2) is 24.5 Å². The lowest BCUT2D eigenvalue weighted by atomic mass is 10.1. The molecule has 0 aliphatic carbocycles. The summed E-state index contributed by atoms with van der Waals surface area (Å²) in [5.74, 6) is -0.161. The number of halogens is 3. The van der Waals surface area contributed by atoms with Crippen LogP contribution in [0.4, 0.5) is 13.2 Å². The molecule has 2 rings (SSSR count). The molecule has 1 saturated heterocycles. The fourth-order valence-corrected chi connectivity index (χ4v) is 2.70. The fourth-order valence-electron chi connectivity index (χ4n) is 2.70. The highest BCUT2D eigenvalue weighted by molar-refractivity contribution is 5.76. The van der Waals surface area contributed by atoms with Gasteiger partial charge in [0.15, 0.2) is 0 Å². The summed E-state index contributed by atoms with van der Waals surface area (Å²) in [5, 5.41) is 0. The summed E-state index contributed by atoms with van der Waals surface area (Å²) >= 11 is 0. The van der Waals surface area contributed by atoms with Crippen molar-refractivity contribution in [2.24, 2.45) is 0 Å². The molecule has 1 aliphatic heterocycles. The molecule has 1 aromatic rings. The van der Waals surface area contributed by atoms with Crippen LogP contribution >= 0.6 is 0 Å². The molecule has 1 fully saturated rings. The van der Waals surface area contributed by atoms with Crippen molar-refractivity contribution in [3.05, 3.63) is 30.1 Å². The van der Waals surface area contributed by atoms with Gasteiger partial charge in [-0.15, -0.1) is 0 Å². The Morgan fingerprint density at radius 1 is 1.33 bits per heavy atom. The number of pyridine rings is 1. The van der Waals surface area contributed by atoms with Gasteiger partial charge in [-0.1, -0.05) is 6.07 Å². The van der Waals surface area contributed by atoms with E-state index in [1.54, 1.807) is 11.1 Å². The lowest BCUT2D eigenvalue weighted by Crippen LogP contribution is -2.49. The maximum absolute atomic E-state index is 12.0. The number of alkyl halides is 3. The van der Waals surface area contributed by atoms with Gasteiger partial charge in [0.1, 0.15) is 6.61 Å². The van der Waals surface area contributed by atoms with Crippen LogP contribution in [0.1, 0.15) is 24.9 Å². The van der Waals surface area contributed by atoms with Crippen molar-refractivity contribution >= 4 is 5.91 Å². The van der Waals surface area contributed by atoms with Crippen molar-refractivity contribution in [3.63, 3.8) is 0 Å². The summed E-state index contributed by atoms with van der Waals surface area (Å²) in [6, 6.07) is 4.13. The highest BCUT2D eigenvalue weighted by atomic mass is 19.4. The monoisotopic (exact) mass is 345 g/mol. The zero-order chi connectivity index (χ0) is 17.6. The number of amides is 1. The van der Waals surface area contributed by atoms with Crippen LogP contribution in [0.3, 0.4) is 0 Å². The van der Waals surface area contributed by atoms with E-state index in [9.17, 15) is 18.0 Å². The first-order valence-electron chi connectivity index (χ1n) is 7.93. The summed E-state index contributed by atoms with van der Waals surface area (Å²) < 4.78 is 40.4. The van der Waals surface area contributed by atoms with E-state index in [1.165, 1.54) is 0 Å². The number of hydrogen-bond acceptors (Lipinski definition) is 4. The standard InChI is InChI=1S/C16H22F3N3O2/c1-13(14-3-2-5-20-11-14)21-6-8-22(9-7-21)15(23)4-10-24-12-16(17,18)19/h2-3,5,11,13H,4,6-10,12H2,1H3/t13-/m0/s1. The second kappa shape index (κ2) is 8.43. The molecule has 1 aliphatic rings. The van der Waals surface area contributed by atoms with Crippen molar-refractivity contribution in [2.45, 2.75) is 25.6 Å². The minimum absolute atomic E-state index is 0.0196. The topological polar surface area (TPSA) is 45.7 Å². The average molecular weight is 345 g/mol. The number of aromatic nitrogens is 1. The van der Waals surface area contributed by atoms with Crippen LogP contribution < -0.4 is 0 Å². The normalized spacial score (nSPS) is 17.8. The van der Waals surface area contributed by atoms with E-state index in [0.717, 1.165) is 18.7 Å². The highest BCUT2D eigenvalue weighted by Crippen LogP contribution is 2.21. The van der Waals surface area contributed by atoms with Gasteiger partial charge in [-0.3, -0.25) is 14.7 Å². The van der Waals surface area contributed by atoms with Gasteiger partial charge in [0.2, 0.25) is 5.91 Å². The number of carbonyl (C=O) groups excluding carboxylic acids is 1. The summed E-state index contributed by atoms with van der Waals surface area (Å²) in [5.41, 5.74) is 1.12. The largest absolute Gasteiger partial charge is 0.411 e. The summed E-state index contributed by atoms with van der Waals surface area (Å²) in [6.07, 6.45) is -0.806. The first kappa shape index (κ1) is 18.7. The molecule has 8 heteroatoms. The minimum atomic E-state index is -4.35. The van der Waals surface area contributed by atoms with Crippen molar-refractivity contribution in [2.75, 3.05) is 39.4 Å². The molecule has 1 aromatic heterocycles. The number of hydrogen-bond donors (Lipinski definition) is 0. The van der Waals surface area contributed by atoms with Crippen molar-refractivity contribution in [3.8, 4) is 0 Å². The minimum Gasteiger partial charge on any atom is -0.372 e. The fraction of sp³-hybridized carbons (Fsp3) is 0.625. The van der Waals surface area contributed by atoms with Gasteiger partial charge in [-0.25, -0.2) is 0 Å². The second-order valence-electron chi connectivity index (χ2n) is 5.80. The molecular formula is C16H22F3N3O2. The van der Waals surface area contributed by atoms with Crippen LogP contribution in [0.2, 0.25) is 0 Å². The van der Waals surface area contributed by atoms with Gasteiger partial charge in [0.25, 0.3) is 0 Å². The number of ether oxygens (including phenoxy) is 1. The van der Waals surface area contributed by atoms with E-state index in [1.807, 2.05) is 18.3 Å². The van der Waals surface area contributed by atoms with E-state index < -0.39 is 12.8 Å². The molecule has 0 unspecified atom stereocenters. The Morgan fingerprint density at radius 2 is 2.04 bits per heavy atom. The molecular weight excluding hydrogens is 323 g/mol. The zero-order valence-corrected chi connectivity index (χ0v) is 13.6. The summed E-state index contributed by atoms with van der Waals surface area (Å²) in [4.78, 5) is 20.1. The van der Waals surface area contributed by atoms with Gasteiger partial charge >= 0.3 is 6.18 Å². The lowest BCUT2D eigenvalue weighted by Gasteiger charge is -2.38. The molecule has 0 radical (unpaired) electrons. The smallest absolute Gasteiger partial charge is 0.372 e. The molecule has 0 bridgehead atoms. The second-order valence-corrected chi connectivity index (χ2v) is 5.80. The lowest BCUT2D eigenvalue weighted by molar-refractivity contribution is -0.175. The highest BCUT2D eigenvalue weighted by Gasteiger charge is 2.28. The Labute approximate surface area is 139 Å². The molecule has 0 N–H and O–H groups in total. The number of piperazine rings is 1. The summed E-state index contributed by atoms with van der Waals surface area (Å²) in [7, 11) is 0. The van der Waals surface area contributed by atoms with Crippen LogP contribution in [-0.4, -0.2) is 66.3 Å². The SMILES string of the molecule is C[C@@H](c1cccnc1)N1CCN(C(=O)CCOCC(F)(F)F)CC1.